The van der Waals surface area contributed by atoms with Gasteiger partial charge in [-0.1, -0.05) is 224 Å². The van der Waals surface area contributed by atoms with Gasteiger partial charge in [-0.15, -0.1) is 0 Å². The van der Waals surface area contributed by atoms with Crippen LogP contribution in [0.5, 0.6) is 0 Å². The fourth-order valence-electron chi connectivity index (χ4n) is 12.7. The van der Waals surface area contributed by atoms with Gasteiger partial charge in [0.2, 0.25) is 0 Å². The molecule has 0 bridgehead atoms. The van der Waals surface area contributed by atoms with Crippen molar-refractivity contribution in [2.24, 2.45) is 0 Å². The predicted molar refractivity (Wildman–Crippen MR) is 291 cm³/mol. The molecule has 0 N–H and O–H groups in total. The first-order chi connectivity index (χ1) is 33.6. The van der Waals surface area contributed by atoms with Crippen molar-refractivity contribution >= 4 is 53.9 Å². The molecule has 0 spiro atoms. The van der Waals surface area contributed by atoms with Gasteiger partial charge in [-0.2, -0.15) is 0 Å². The van der Waals surface area contributed by atoms with Crippen molar-refractivity contribution in [2.45, 2.75) is 13.8 Å². The van der Waals surface area contributed by atoms with Crippen LogP contribution in [0.2, 0.25) is 0 Å². The largest absolute Gasteiger partial charge is 0.0622 e. The molecular weight excluding hydrogens is 817 g/mol. The zero-order valence-electron chi connectivity index (χ0n) is 37.8. The summed E-state index contributed by atoms with van der Waals surface area (Å²) >= 11 is 0. The Hall–Kier alpha value is -8.58. The molecule has 13 aromatic rings. The van der Waals surface area contributed by atoms with Gasteiger partial charge in [-0.25, -0.2) is 0 Å². The molecule has 0 amide bonds. The monoisotopic (exact) mass is 858 g/mol. The molecule has 15 rings (SSSR count). The Morgan fingerprint density at radius 1 is 0.206 bits per heavy atom. The molecule has 0 fully saturated rings. The molecule has 314 valence electrons. The maximum Gasteiger partial charge on any atom is -0.000718 e. The molecule has 0 heteroatoms. The van der Waals surface area contributed by atoms with E-state index in [1.165, 1.54) is 165 Å². The zero-order chi connectivity index (χ0) is 44.8. The van der Waals surface area contributed by atoms with Gasteiger partial charge in [-0.05, 0) is 173 Å². The summed E-state index contributed by atoms with van der Waals surface area (Å²) in [4.78, 5) is 0. The third-order valence-electron chi connectivity index (χ3n) is 15.5. The Morgan fingerprint density at radius 2 is 0.574 bits per heavy atom. The summed E-state index contributed by atoms with van der Waals surface area (Å²) in [6, 6.07) is 82.3. The highest BCUT2D eigenvalue weighted by molar-refractivity contribution is 6.42. The maximum absolute atomic E-state index is 2.47. The van der Waals surface area contributed by atoms with Gasteiger partial charge in [-0.3, -0.25) is 0 Å². The zero-order valence-corrected chi connectivity index (χ0v) is 37.8. The molecule has 0 radical (unpaired) electrons. The predicted octanol–water partition coefficient (Wildman–Crippen LogP) is 19.1. The molecule has 13 aromatic carbocycles. The van der Waals surface area contributed by atoms with E-state index < -0.39 is 0 Å². The molecule has 2 aliphatic carbocycles. The van der Waals surface area contributed by atoms with E-state index in [1.807, 2.05) is 0 Å². The average molecular weight is 859 g/mol. The third-order valence-corrected chi connectivity index (χ3v) is 15.5. The fraction of sp³-hybridized carbons (Fsp3) is 0.0294. The van der Waals surface area contributed by atoms with Crippen LogP contribution < -0.4 is 0 Å². The van der Waals surface area contributed by atoms with Gasteiger partial charge in [0.1, 0.15) is 0 Å². The Balaban J connectivity index is 1.07. The number of aryl methyl sites for hydroxylation is 2. The second kappa shape index (κ2) is 14.0. The highest BCUT2D eigenvalue weighted by Gasteiger charge is 2.35. The molecule has 0 unspecified atom stereocenters. The standard InChI is InChI=1S/C68H42/c1-39-26-27-40(2)58(38-39)64-49-25-15-14-24-48(49)63(47-23-13-12-22-44(47)41-16-6-3-7-17-41)67-56-36-32-52-50-30-34-54-59-45(42-18-8-4-9-19-42)28-29-46(43-20-10-5-11-21-43)60(59)55-35-31-51(61(50)65(54)55)53-33-37-57(68(64)67)66(56)62(52)53/h3-38H,1-2H3. The van der Waals surface area contributed by atoms with Gasteiger partial charge in [0, 0.05) is 0 Å². The summed E-state index contributed by atoms with van der Waals surface area (Å²) in [7, 11) is 0. The van der Waals surface area contributed by atoms with Crippen molar-refractivity contribution in [1.82, 2.24) is 0 Å². The minimum atomic E-state index is 1.22. The lowest BCUT2D eigenvalue weighted by Crippen LogP contribution is -1.96. The summed E-state index contributed by atoms with van der Waals surface area (Å²) < 4.78 is 0. The van der Waals surface area contributed by atoms with Crippen molar-refractivity contribution in [3.05, 3.63) is 230 Å². The third kappa shape index (κ3) is 4.99. The van der Waals surface area contributed by atoms with Gasteiger partial charge >= 0.3 is 0 Å². The first-order valence-corrected chi connectivity index (χ1v) is 23.9. The van der Waals surface area contributed by atoms with E-state index in [2.05, 4.69) is 232 Å². The number of rotatable bonds is 5. The van der Waals surface area contributed by atoms with Crippen LogP contribution in [0.1, 0.15) is 11.1 Å². The van der Waals surface area contributed by atoms with Gasteiger partial charge < -0.3 is 0 Å². The summed E-state index contributed by atoms with van der Waals surface area (Å²) in [5.41, 5.74) is 25.9. The van der Waals surface area contributed by atoms with Crippen molar-refractivity contribution in [3.8, 4) is 100 Å². The quantitative estimate of drug-likeness (QED) is 0.119. The first-order valence-electron chi connectivity index (χ1n) is 23.9. The van der Waals surface area contributed by atoms with Gasteiger partial charge in [0.15, 0.2) is 0 Å². The summed E-state index contributed by atoms with van der Waals surface area (Å²) in [6.07, 6.45) is 0. The Morgan fingerprint density at radius 3 is 1.04 bits per heavy atom. The van der Waals surface area contributed by atoms with E-state index in [9.17, 15) is 0 Å². The first kappa shape index (κ1) is 37.6. The molecular formula is C68H42. The molecule has 0 heterocycles. The molecule has 0 saturated carbocycles. The molecule has 2 aliphatic rings. The lowest BCUT2D eigenvalue weighted by atomic mass is 9.80. The van der Waals surface area contributed by atoms with Crippen LogP contribution >= 0.6 is 0 Å². The van der Waals surface area contributed by atoms with E-state index in [4.69, 9.17) is 0 Å². The Labute approximate surface area is 395 Å². The molecule has 68 heavy (non-hydrogen) atoms. The molecule has 0 saturated heterocycles. The van der Waals surface area contributed by atoms with Crippen LogP contribution in [-0.2, 0) is 0 Å². The molecule has 0 atom stereocenters. The van der Waals surface area contributed by atoms with Crippen LogP contribution in [0, 0.1) is 13.8 Å². The second-order valence-corrected chi connectivity index (χ2v) is 19.1. The van der Waals surface area contributed by atoms with Crippen molar-refractivity contribution < 1.29 is 0 Å². The highest BCUT2D eigenvalue weighted by Crippen LogP contribution is 2.62. The molecule has 0 nitrogen and oxygen atoms in total. The Bertz CT molecular complexity index is 4170. The van der Waals surface area contributed by atoms with E-state index in [-0.39, 0.29) is 0 Å². The fourth-order valence-corrected chi connectivity index (χ4v) is 12.7. The maximum atomic E-state index is 2.47. The molecule has 0 aliphatic heterocycles. The smallest absolute Gasteiger partial charge is 0.000718 e. The van der Waals surface area contributed by atoms with Gasteiger partial charge in [0.25, 0.3) is 0 Å². The van der Waals surface area contributed by atoms with E-state index in [0.29, 0.717) is 0 Å². The van der Waals surface area contributed by atoms with Crippen molar-refractivity contribution in [3.63, 3.8) is 0 Å². The topological polar surface area (TPSA) is 0 Å². The Kier molecular flexibility index (Phi) is 7.73. The SMILES string of the molecule is Cc1ccc(C)c(-c2c3c(c(-c4ccccc4-c4ccccc4)c4ccccc24)-c2ccc4c5ccc6c7c(ccc(c8ccc-3c2c84)c75)-c2c(-c3ccccc3)ccc(-c3ccccc3)c2-6)c1. The van der Waals surface area contributed by atoms with Crippen LogP contribution in [0.15, 0.2) is 218 Å². The van der Waals surface area contributed by atoms with Crippen LogP contribution in [-0.4, -0.2) is 0 Å². The number of fused-ring (bicyclic) bond motifs is 9. The highest BCUT2D eigenvalue weighted by atomic mass is 14.4. The van der Waals surface area contributed by atoms with Crippen molar-refractivity contribution in [1.29, 1.82) is 0 Å². The molecule has 0 aromatic heterocycles. The van der Waals surface area contributed by atoms with E-state index >= 15 is 0 Å². The van der Waals surface area contributed by atoms with Gasteiger partial charge in [0.05, 0.1) is 0 Å². The van der Waals surface area contributed by atoms with E-state index in [0.717, 1.165) is 0 Å². The number of hydrogen-bond donors (Lipinski definition) is 0. The number of hydrogen-bond acceptors (Lipinski definition) is 0. The van der Waals surface area contributed by atoms with Crippen molar-refractivity contribution in [2.75, 3.05) is 0 Å². The lowest BCUT2D eigenvalue weighted by Gasteiger charge is -2.23. The summed E-state index contributed by atoms with van der Waals surface area (Å²) in [5, 5.41) is 13.3. The van der Waals surface area contributed by atoms with Crippen LogP contribution in [0.4, 0.5) is 0 Å². The normalized spacial score (nSPS) is 12.3. The number of benzene rings is 13. The summed E-state index contributed by atoms with van der Waals surface area (Å²) in [5.74, 6) is 0. The van der Waals surface area contributed by atoms with Crippen LogP contribution in [0.25, 0.3) is 154 Å². The minimum absolute atomic E-state index is 1.22. The average Bonchev–Trinajstić information content (AvgIpc) is 3.92. The minimum Gasteiger partial charge on any atom is -0.0622 e. The summed E-state index contributed by atoms with van der Waals surface area (Å²) in [6.45, 7) is 4.51. The van der Waals surface area contributed by atoms with E-state index in [1.54, 1.807) is 0 Å². The van der Waals surface area contributed by atoms with Crippen LogP contribution in [0.3, 0.4) is 0 Å². The second-order valence-electron chi connectivity index (χ2n) is 19.1. The lowest BCUT2D eigenvalue weighted by molar-refractivity contribution is 1.40.